The van der Waals surface area contributed by atoms with Crippen molar-refractivity contribution in [2.24, 2.45) is 0 Å². The number of hydrogen-bond acceptors (Lipinski definition) is 6. The number of carbonyl (C=O) groups excluding carboxylic acids is 4. The van der Waals surface area contributed by atoms with E-state index in [-0.39, 0.29) is 19.1 Å². The lowest BCUT2D eigenvalue weighted by Gasteiger charge is -2.42. The Morgan fingerprint density at radius 3 is 2.37 bits per heavy atom. The Labute approximate surface area is 175 Å². The van der Waals surface area contributed by atoms with Gasteiger partial charge < -0.3 is 19.3 Å². The highest BCUT2D eigenvalue weighted by Crippen LogP contribution is 2.38. The maximum Gasteiger partial charge on any atom is 0.328 e. The van der Waals surface area contributed by atoms with Crippen molar-refractivity contribution < 1.29 is 28.7 Å². The number of rotatable bonds is 7. The Kier molecular flexibility index (Phi) is 6.71. The van der Waals surface area contributed by atoms with E-state index in [0.717, 1.165) is 10.5 Å². The molecule has 0 aliphatic carbocycles. The molecule has 9 heteroatoms. The first kappa shape index (κ1) is 21.8. The number of piperidine rings is 1. The maximum absolute atomic E-state index is 13.3. The summed E-state index contributed by atoms with van der Waals surface area (Å²) in [6.07, 6.45) is 0.611. The molecule has 2 fully saturated rings. The second-order valence-electron chi connectivity index (χ2n) is 7.37. The number of methoxy groups -OCH3 is 1. The van der Waals surface area contributed by atoms with Gasteiger partial charge in [-0.2, -0.15) is 0 Å². The zero-order valence-electron chi connectivity index (χ0n) is 17.3. The topological polar surface area (TPSA) is 96.5 Å². The molecule has 162 valence electrons. The SMILES string of the molecule is CCOCC(=O)N1CCC2(CC1)C(=O)N(CC(=O)OC)C(=O)N2Cc1ccccc1. The van der Waals surface area contributed by atoms with Gasteiger partial charge in [-0.3, -0.25) is 19.3 Å². The molecule has 0 saturated carbocycles. The second-order valence-corrected chi connectivity index (χ2v) is 7.37. The Morgan fingerprint density at radius 1 is 1.10 bits per heavy atom. The third-order valence-electron chi connectivity index (χ3n) is 5.69. The van der Waals surface area contributed by atoms with Crippen LogP contribution in [-0.2, 0) is 30.4 Å². The predicted octanol–water partition coefficient (Wildman–Crippen LogP) is 1.02. The van der Waals surface area contributed by atoms with Gasteiger partial charge in [0, 0.05) is 26.2 Å². The summed E-state index contributed by atoms with van der Waals surface area (Å²) in [5.41, 5.74) is -0.198. The maximum atomic E-state index is 13.3. The first-order valence-corrected chi connectivity index (χ1v) is 10.0. The minimum atomic E-state index is -1.08. The average molecular weight is 417 g/mol. The van der Waals surface area contributed by atoms with Crippen LogP contribution in [0.3, 0.4) is 0 Å². The fraction of sp³-hybridized carbons (Fsp3) is 0.524. The zero-order chi connectivity index (χ0) is 21.7. The van der Waals surface area contributed by atoms with E-state index in [1.54, 1.807) is 4.90 Å². The van der Waals surface area contributed by atoms with Gasteiger partial charge in [0.05, 0.1) is 7.11 Å². The lowest BCUT2D eigenvalue weighted by atomic mass is 9.85. The number of hydrogen-bond donors (Lipinski definition) is 0. The number of imide groups is 1. The molecule has 0 bridgehead atoms. The molecule has 0 N–H and O–H groups in total. The van der Waals surface area contributed by atoms with Gasteiger partial charge in [-0.15, -0.1) is 0 Å². The van der Waals surface area contributed by atoms with E-state index < -0.39 is 30.0 Å². The third-order valence-corrected chi connectivity index (χ3v) is 5.69. The molecule has 1 spiro atoms. The molecule has 3 rings (SSSR count). The summed E-state index contributed by atoms with van der Waals surface area (Å²) < 4.78 is 9.85. The summed E-state index contributed by atoms with van der Waals surface area (Å²) in [5, 5.41) is 0. The summed E-state index contributed by atoms with van der Waals surface area (Å²) in [4.78, 5) is 54.7. The average Bonchev–Trinajstić information content (AvgIpc) is 2.95. The van der Waals surface area contributed by atoms with Gasteiger partial charge in [0.25, 0.3) is 5.91 Å². The van der Waals surface area contributed by atoms with Crippen molar-refractivity contribution in [3.8, 4) is 0 Å². The first-order chi connectivity index (χ1) is 14.4. The number of nitrogens with zero attached hydrogens (tertiary/aromatic N) is 3. The Hall–Kier alpha value is -2.94. The largest absolute Gasteiger partial charge is 0.468 e. The van der Waals surface area contributed by atoms with Crippen molar-refractivity contribution in [3.05, 3.63) is 35.9 Å². The van der Waals surface area contributed by atoms with Crippen molar-refractivity contribution in [1.82, 2.24) is 14.7 Å². The van der Waals surface area contributed by atoms with Crippen molar-refractivity contribution in [2.45, 2.75) is 31.8 Å². The van der Waals surface area contributed by atoms with Gasteiger partial charge in [-0.25, -0.2) is 4.79 Å². The normalized spacial score (nSPS) is 18.3. The summed E-state index contributed by atoms with van der Waals surface area (Å²) in [5.74, 6) is -1.20. The molecule has 4 amide bonds. The van der Waals surface area contributed by atoms with Crippen LogP contribution in [-0.4, -0.2) is 84.0 Å². The summed E-state index contributed by atoms with van der Waals surface area (Å²) in [6, 6.07) is 8.87. The summed E-state index contributed by atoms with van der Waals surface area (Å²) in [7, 11) is 1.22. The lowest BCUT2D eigenvalue weighted by Crippen LogP contribution is -2.57. The fourth-order valence-corrected chi connectivity index (χ4v) is 3.99. The predicted molar refractivity (Wildman–Crippen MR) is 106 cm³/mol. The van der Waals surface area contributed by atoms with E-state index >= 15 is 0 Å². The number of urea groups is 1. The van der Waals surface area contributed by atoms with Crippen molar-refractivity contribution in [2.75, 3.05) is 40.0 Å². The highest BCUT2D eigenvalue weighted by molar-refractivity contribution is 6.08. The molecule has 30 heavy (non-hydrogen) atoms. The standard InChI is InChI=1S/C21H27N3O6/c1-3-30-15-17(25)22-11-9-21(10-12-22)19(27)23(14-18(26)29-2)20(28)24(21)13-16-7-5-4-6-8-16/h4-8H,3,9-15H2,1-2H3. The van der Waals surface area contributed by atoms with Gasteiger partial charge in [-0.1, -0.05) is 30.3 Å². The molecule has 0 radical (unpaired) electrons. The number of carbonyl (C=O) groups is 4. The summed E-state index contributed by atoms with van der Waals surface area (Å²) >= 11 is 0. The zero-order valence-corrected chi connectivity index (χ0v) is 17.3. The molecule has 2 saturated heterocycles. The minimum Gasteiger partial charge on any atom is -0.468 e. The fourth-order valence-electron chi connectivity index (χ4n) is 3.99. The van der Waals surface area contributed by atoms with Gasteiger partial charge in [0.1, 0.15) is 18.7 Å². The smallest absolute Gasteiger partial charge is 0.328 e. The van der Waals surface area contributed by atoms with Crippen LogP contribution < -0.4 is 0 Å². The van der Waals surface area contributed by atoms with Crippen LogP contribution in [0.25, 0.3) is 0 Å². The van der Waals surface area contributed by atoms with E-state index in [9.17, 15) is 19.2 Å². The molecule has 2 aliphatic rings. The quantitative estimate of drug-likeness (QED) is 0.486. The number of ether oxygens (including phenoxy) is 2. The van der Waals surface area contributed by atoms with E-state index in [4.69, 9.17) is 4.74 Å². The molecule has 1 aromatic rings. The van der Waals surface area contributed by atoms with E-state index in [1.165, 1.54) is 12.0 Å². The molecule has 0 unspecified atom stereocenters. The Morgan fingerprint density at radius 2 is 1.77 bits per heavy atom. The van der Waals surface area contributed by atoms with Crippen molar-refractivity contribution in [1.29, 1.82) is 0 Å². The minimum absolute atomic E-state index is 0.00142. The van der Waals surface area contributed by atoms with E-state index in [2.05, 4.69) is 4.74 Å². The molecule has 2 heterocycles. The van der Waals surface area contributed by atoms with Crippen molar-refractivity contribution >= 4 is 23.8 Å². The molecular weight excluding hydrogens is 390 g/mol. The van der Waals surface area contributed by atoms with Crippen LogP contribution in [0, 0.1) is 0 Å². The Balaban J connectivity index is 1.83. The highest BCUT2D eigenvalue weighted by atomic mass is 16.5. The van der Waals surface area contributed by atoms with Gasteiger partial charge in [0.2, 0.25) is 5.91 Å². The molecule has 0 aromatic heterocycles. The van der Waals surface area contributed by atoms with Crippen LogP contribution in [0.2, 0.25) is 0 Å². The van der Waals surface area contributed by atoms with Crippen molar-refractivity contribution in [3.63, 3.8) is 0 Å². The van der Waals surface area contributed by atoms with E-state index in [1.807, 2.05) is 37.3 Å². The van der Waals surface area contributed by atoms with E-state index in [0.29, 0.717) is 32.5 Å². The lowest BCUT2D eigenvalue weighted by molar-refractivity contribution is -0.147. The highest BCUT2D eigenvalue weighted by Gasteiger charge is 2.58. The molecule has 0 atom stereocenters. The van der Waals surface area contributed by atoms with Crippen LogP contribution in [0.5, 0.6) is 0 Å². The van der Waals surface area contributed by atoms with Gasteiger partial charge >= 0.3 is 12.0 Å². The van der Waals surface area contributed by atoms with Gasteiger partial charge in [-0.05, 0) is 25.3 Å². The second kappa shape index (κ2) is 9.25. The number of amides is 4. The number of benzene rings is 1. The van der Waals surface area contributed by atoms with Gasteiger partial charge in [0.15, 0.2) is 0 Å². The van der Waals surface area contributed by atoms with Crippen LogP contribution in [0.4, 0.5) is 4.79 Å². The first-order valence-electron chi connectivity index (χ1n) is 10.0. The molecule has 9 nitrogen and oxygen atoms in total. The molecule has 2 aliphatic heterocycles. The van der Waals surface area contributed by atoms with Crippen LogP contribution >= 0.6 is 0 Å². The monoisotopic (exact) mass is 417 g/mol. The third kappa shape index (κ3) is 4.16. The molecule has 1 aromatic carbocycles. The Bertz CT molecular complexity index is 804. The van der Waals surface area contributed by atoms with Crippen LogP contribution in [0.1, 0.15) is 25.3 Å². The number of esters is 1. The molecular formula is C21H27N3O6. The summed E-state index contributed by atoms with van der Waals surface area (Å²) in [6.45, 7) is 2.76. The van der Waals surface area contributed by atoms with Crippen LogP contribution in [0.15, 0.2) is 30.3 Å². The number of likely N-dealkylation sites (tertiary alicyclic amines) is 1.